The maximum Gasteiger partial charge on any atom is 0.278 e. The van der Waals surface area contributed by atoms with Crippen LogP contribution in [0.3, 0.4) is 0 Å². The van der Waals surface area contributed by atoms with E-state index in [-0.39, 0.29) is 11.5 Å². The number of nitrogens with zero attached hydrogens (tertiary/aromatic N) is 4. The number of aromatic nitrogens is 4. The first-order valence-corrected chi connectivity index (χ1v) is 10.3. The zero-order valence-corrected chi connectivity index (χ0v) is 18.2. The highest BCUT2D eigenvalue weighted by atomic mass is 35.5. The summed E-state index contributed by atoms with van der Waals surface area (Å²) in [4.78, 5) is 26.0. The Bertz CT molecular complexity index is 1330. The number of para-hydroxylation sites is 1. The summed E-state index contributed by atoms with van der Waals surface area (Å²) < 4.78 is 2.96. The van der Waals surface area contributed by atoms with Crippen LogP contribution < -0.4 is 10.9 Å². The molecule has 0 spiro atoms. The largest absolute Gasteiger partial charge is 0.350 e. The van der Waals surface area contributed by atoms with Gasteiger partial charge in [-0.2, -0.15) is 10.2 Å². The van der Waals surface area contributed by atoms with Crippen LogP contribution in [0.2, 0.25) is 5.02 Å². The van der Waals surface area contributed by atoms with E-state index >= 15 is 0 Å². The van der Waals surface area contributed by atoms with Gasteiger partial charge in [0, 0.05) is 11.6 Å². The van der Waals surface area contributed by atoms with Crippen LogP contribution in [0.15, 0.2) is 59.4 Å². The normalized spacial score (nSPS) is 12.1. The highest BCUT2D eigenvalue weighted by molar-refractivity contribution is 6.30. The second kappa shape index (κ2) is 8.35. The predicted octanol–water partition coefficient (Wildman–Crippen LogP) is 3.73. The van der Waals surface area contributed by atoms with Gasteiger partial charge in [0.15, 0.2) is 0 Å². The van der Waals surface area contributed by atoms with Gasteiger partial charge in [0.05, 0.1) is 22.5 Å². The van der Waals surface area contributed by atoms with Crippen molar-refractivity contribution in [3.8, 4) is 5.69 Å². The lowest BCUT2D eigenvalue weighted by atomic mass is 10.2. The summed E-state index contributed by atoms with van der Waals surface area (Å²) in [7, 11) is 0. The Labute approximate surface area is 184 Å². The van der Waals surface area contributed by atoms with E-state index in [2.05, 4.69) is 15.5 Å². The molecule has 2 aromatic carbocycles. The third-order valence-electron chi connectivity index (χ3n) is 5.24. The minimum Gasteiger partial charge on any atom is -0.350 e. The molecule has 0 unspecified atom stereocenters. The van der Waals surface area contributed by atoms with Crippen molar-refractivity contribution in [2.75, 3.05) is 0 Å². The molecule has 2 heterocycles. The number of carbonyl (C=O) groups is 1. The Kier molecular flexibility index (Phi) is 5.61. The molecular formula is C23H22ClN5O2. The maximum absolute atomic E-state index is 13.3. The zero-order valence-electron chi connectivity index (χ0n) is 17.5. The van der Waals surface area contributed by atoms with Crippen molar-refractivity contribution >= 4 is 28.4 Å². The second-order valence-electron chi connectivity index (χ2n) is 7.42. The molecule has 0 radical (unpaired) electrons. The molecule has 0 bridgehead atoms. The van der Waals surface area contributed by atoms with Crippen LogP contribution in [0.25, 0.3) is 16.6 Å². The van der Waals surface area contributed by atoms with Crippen molar-refractivity contribution < 1.29 is 4.79 Å². The molecule has 2 aromatic heterocycles. The Morgan fingerprint density at radius 2 is 1.84 bits per heavy atom. The molecule has 0 saturated carbocycles. The summed E-state index contributed by atoms with van der Waals surface area (Å²) in [5.41, 5.74) is 3.22. The number of rotatable bonds is 5. The van der Waals surface area contributed by atoms with E-state index < -0.39 is 6.04 Å². The molecule has 0 fully saturated rings. The van der Waals surface area contributed by atoms with Crippen LogP contribution in [0, 0.1) is 13.8 Å². The third-order valence-corrected chi connectivity index (χ3v) is 5.48. The summed E-state index contributed by atoms with van der Waals surface area (Å²) in [6, 6.07) is 16.1. The average Bonchev–Trinajstić information content (AvgIpc) is 3.13. The van der Waals surface area contributed by atoms with Crippen LogP contribution in [0.1, 0.15) is 29.9 Å². The van der Waals surface area contributed by atoms with Crippen LogP contribution in [0.5, 0.6) is 0 Å². The highest BCUT2D eigenvalue weighted by Crippen LogP contribution is 2.20. The Morgan fingerprint density at radius 1 is 1.10 bits per heavy atom. The monoisotopic (exact) mass is 435 g/mol. The molecular weight excluding hydrogens is 414 g/mol. The molecule has 0 saturated heterocycles. The van der Waals surface area contributed by atoms with E-state index in [1.54, 1.807) is 30.7 Å². The number of carbonyl (C=O) groups excluding carboxylic acids is 1. The fourth-order valence-electron chi connectivity index (χ4n) is 3.56. The first-order chi connectivity index (χ1) is 14.9. The number of aryl methyl sites for hydroxylation is 2. The molecule has 0 aliphatic rings. The van der Waals surface area contributed by atoms with E-state index in [1.165, 1.54) is 4.68 Å². The molecule has 1 amide bonds. The first-order valence-electron chi connectivity index (χ1n) is 9.93. The van der Waals surface area contributed by atoms with Crippen molar-refractivity contribution in [2.24, 2.45) is 0 Å². The molecule has 158 valence electrons. The first kappa shape index (κ1) is 20.8. The summed E-state index contributed by atoms with van der Waals surface area (Å²) in [5, 5.41) is 12.9. The summed E-state index contributed by atoms with van der Waals surface area (Å²) in [6.45, 7) is 5.60. The van der Waals surface area contributed by atoms with E-state index in [0.29, 0.717) is 33.9 Å². The maximum atomic E-state index is 13.3. The van der Waals surface area contributed by atoms with Gasteiger partial charge in [0.2, 0.25) is 5.91 Å². The van der Waals surface area contributed by atoms with Crippen molar-refractivity contribution in [3.63, 3.8) is 0 Å². The highest BCUT2D eigenvalue weighted by Gasteiger charge is 2.23. The lowest BCUT2D eigenvalue weighted by Crippen LogP contribution is -2.37. The molecule has 31 heavy (non-hydrogen) atoms. The number of halogens is 1. The van der Waals surface area contributed by atoms with Crippen LogP contribution in [-0.2, 0) is 11.3 Å². The SMILES string of the molecule is Cc1nn([C@@H](C)C(=O)NCc2cccc(Cl)c2)c(=O)c2c(C)n(-c3ccccc3)nc12. The minimum absolute atomic E-state index is 0.304. The van der Waals surface area contributed by atoms with Crippen molar-refractivity contribution in [1.82, 2.24) is 24.9 Å². The molecule has 1 N–H and O–H groups in total. The van der Waals surface area contributed by atoms with Gasteiger partial charge in [-0.3, -0.25) is 9.59 Å². The van der Waals surface area contributed by atoms with E-state index in [0.717, 1.165) is 11.3 Å². The zero-order chi connectivity index (χ0) is 22.1. The van der Waals surface area contributed by atoms with Crippen molar-refractivity contribution in [2.45, 2.75) is 33.4 Å². The fraction of sp³-hybridized carbons (Fsp3) is 0.217. The van der Waals surface area contributed by atoms with Crippen molar-refractivity contribution in [1.29, 1.82) is 0 Å². The average molecular weight is 436 g/mol. The molecule has 7 nitrogen and oxygen atoms in total. The van der Waals surface area contributed by atoms with Gasteiger partial charge in [-0.1, -0.05) is 41.9 Å². The van der Waals surface area contributed by atoms with Crippen LogP contribution >= 0.6 is 11.6 Å². The summed E-state index contributed by atoms with van der Waals surface area (Å²) >= 11 is 6.00. The minimum atomic E-state index is -0.783. The molecule has 4 aromatic rings. The number of amides is 1. The summed E-state index contributed by atoms with van der Waals surface area (Å²) in [5.74, 6) is -0.304. The second-order valence-corrected chi connectivity index (χ2v) is 7.85. The Hall–Kier alpha value is -3.45. The number of benzene rings is 2. The van der Waals surface area contributed by atoms with E-state index in [1.807, 2.05) is 49.4 Å². The number of fused-ring (bicyclic) bond motifs is 1. The van der Waals surface area contributed by atoms with Gasteiger partial charge in [0.1, 0.15) is 11.6 Å². The fourth-order valence-corrected chi connectivity index (χ4v) is 3.77. The molecule has 1 atom stereocenters. The van der Waals surface area contributed by atoms with Crippen LogP contribution in [0.4, 0.5) is 0 Å². The van der Waals surface area contributed by atoms with Gasteiger partial charge >= 0.3 is 0 Å². The Morgan fingerprint density at radius 3 is 2.55 bits per heavy atom. The molecule has 0 aliphatic carbocycles. The molecule has 8 heteroatoms. The Balaban J connectivity index is 1.67. The van der Waals surface area contributed by atoms with Gasteiger partial charge in [0.25, 0.3) is 5.56 Å². The standard InChI is InChI=1S/C23H22ClN5O2/c1-14-21-20(15(2)28(27-21)19-10-5-4-6-11-19)23(31)29(26-14)16(3)22(30)25-13-17-8-7-9-18(24)12-17/h4-12,16H,13H2,1-3H3,(H,25,30)/t16-/m0/s1. The summed E-state index contributed by atoms with van der Waals surface area (Å²) in [6.07, 6.45) is 0. The van der Waals surface area contributed by atoms with E-state index in [4.69, 9.17) is 11.6 Å². The van der Waals surface area contributed by atoms with Crippen molar-refractivity contribution in [3.05, 3.63) is 86.9 Å². The van der Waals surface area contributed by atoms with Gasteiger partial charge in [-0.05, 0) is 50.6 Å². The third kappa shape index (κ3) is 3.96. The lowest BCUT2D eigenvalue weighted by Gasteiger charge is -2.15. The predicted molar refractivity (Wildman–Crippen MR) is 121 cm³/mol. The number of hydrogen-bond donors (Lipinski definition) is 1. The van der Waals surface area contributed by atoms with Crippen LogP contribution in [-0.4, -0.2) is 25.5 Å². The smallest absolute Gasteiger partial charge is 0.278 e. The van der Waals surface area contributed by atoms with Gasteiger partial charge < -0.3 is 5.32 Å². The molecule has 0 aliphatic heterocycles. The number of nitrogens with one attached hydrogen (secondary N) is 1. The van der Waals surface area contributed by atoms with Gasteiger partial charge in [-0.15, -0.1) is 0 Å². The lowest BCUT2D eigenvalue weighted by molar-refractivity contribution is -0.124. The number of hydrogen-bond acceptors (Lipinski definition) is 4. The quantitative estimate of drug-likeness (QED) is 0.518. The van der Waals surface area contributed by atoms with E-state index in [9.17, 15) is 9.59 Å². The topological polar surface area (TPSA) is 81.8 Å². The van der Waals surface area contributed by atoms with Gasteiger partial charge in [-0.25, -0.2) is 9.36 Å². The molecule has 4 rings (SSSR count).